The molecule has 1 aliphatic rings. The molecule has 1 unspecified atom stereocenters. The van der Waals surface area contributed by atoms with E-state index in [9.17, 15) is 27.6 Å². The predicted molar refractivity (Wildman–Crippen MR) is 79.6 cm³/mol. The van der Waals surface area contributed by atoms with Gasteiger partial charge in [0.1, 0.15) is 0 Å². The summed E-state index contributed by atoms with van der Waals surface area (Å²) in [6, 6.07) is 4.81. The number of alkyl halides is 4. The smallest absolute Gasteiger partial charge is 0.342 e. The Morgan fingerprint density at radius 1 is 1.17 bits per heavy atom. The van der Waals surface area contributed by atoms with Crippen LogP contribution in [0.1, 0.15) is 27.6 Å². The quantitative estimate of drug-likeness (QED) is 0.808. The number of Topliss-reactive ketones (excluding diaryl/α,β-unsaturated/α-hetero) is 2. The zero-order valence-corrected chi connectivity index (χ0v) is 13.4. The molecule has 1 amide bonds. The average Bonchev–Trinajstić information content (AvgIpc) is 2.49. The number of ketones is 2. The normalized spacial score (nSPS) is 16.2. The molecule has 1 N–H and O–H groups in total. The highest BCUT2D eigenvalue weighted by atomic mass is 79.9. The Morgan fingerprint density at radius 3 is 2.17 bits per heavy atom. The van der Waals surface area contributed by atoms with Gasteiger partial charge in [-0.1, -0.05) is 40.2 Å². The molecule has 0 saturated carbocycles. The summed E-state index contributed by atoms with van der Waals surface area (Å²) in [5, 5.41) is 1.71. The van der Waals surface area contributed by atoms with Crippen molar-refractivity contribution in [2.45, 2.75) is 19.1 Å². The fraction of sp³-hybridized carbons (Fsp3) is 0.267. The topological polar surface area (TPSA) is 63.2 Å². The molecule has 0 radical (unpaired) electrons. The first-order valence-electron chi connectivity index (χ1n) is 6.53. The summed E-state index contributed by atoms with van der Waals surface area (Å²) in [4.78, 5) is 36.0. The van der Waals surface area contributed by atoms with Gasteiger partial charge in [-0.3, -0.25) is 14.4 Å². The van der Waals surface area contributed by atoms with Gasteiger partial charge in [0.15, 0.2) is 11.6 Å². The number of fused-ring (bicyclic) bond motifs is 1. The number of benzene rings is 1. The van der Waals surface area contributed by atoms with Gasteiger partial charge in [-0.25, -0.2) is 0 Å². The van der Waals surface area contributed by atoms with Crippen molar-refractivity contribution in [1.29, 1.82) is 0 Å². The molecule has 0 aliphatic heterocycles. The van der Waals surface area contributed by atoms with Gasteiger partial charge in [0.05, 0.1) is 6.04 Å². The maximum Gasteiger partial charge on any atom is 0.471 e. The zero-order chi connectivity index (χ0) is 17.4. The molecule has 4 nitrogen and oxygen atoms in total. The number of carbonyl (C=O) groups excluding carboxylic acids is 3. The highest BCUT2D eigenvalue weighted by molar-refractivity contribution is 9.09. The number of hydrogen-bond donors (Lipinski definition) is 1. The molecule has 1 aliphatic carbocycles. The van der Waals surface area contributed by atoms with E-state index in [1.165, 1.54) is 19.1 Å². The van der Waals surface area contributed by atoms with Crippen molar-refractivity contribution >= 4 is 33.4 Å². The number of hydrogen-bond acceptors (Lipinski definition) is 3. The van der Waals surface area contributed by atoms with Crippen LogP contribution in [-0.2, 0) is 4.79 Å². The third-order valence-electron chi connectivity index (χ3n) is 3.43. The fourth-order valence-electron chi connectivity index (χ4n) is 2.39. The largest absolute Gasteiger partial charge is 0.471 e. The van der Waals surface area contributed by atoms with Crippen molar-refractivity contribution in [2.24, 2.45) is 0 Å². The summed E-state index contributed by atoms with van der Waals surface area (Å²) in [6.45, 7) is 1.24. The summed E-state index contributed by atoms with van der Waals surface area (Å²) in [5.74, 6) is -3.17. The Hall–Kier alpha value is -1.96. The predicted octanol–water partition coefficient (Wildman–Crippen LogP) is 2.82. The monoisotopic (exact) mass is 389 g/mol. The summed E-state index contributed by atoms with van der Waals surface area (Å²) in [7, 11) is 0. The second kappa shape index (κ2) is 6.27. The van der Waals surface area contributed by atoms with Crippen LogP contribution >= 0.6 is 15.9 Å². The Kier molecular flexibility index (Phi) is 4.74. The minimum absolute atomic E-state index is 0.00648. The molecule has 0 saturated heterocycles. The lowest BCUT2D eigenvalue weighted by Crippen LogP contribution is -2.45. The number of allylic oxidation sites excluding steroid dienone is 1. The lowest BCUT2D eigenvalue weighted by atomic mass is 9.82. The highest BCUT2D eigenvalue weighted by Crippen LogP contribution is 2.29. The van der Waals surface area contributed by atoms with E-state index in [2.05, 4.69) is 15.9 Å². The first kappa shape index (κ1) is 17.4. The van der Waals surface area contributed by atoms with Gasteiger partial charge in [0.2, 0.25) is 0 Å². The maximum atomic E-state index is 12.5. The minimum Gasteiger partial charge on any atom is -0.342 e. The number of rotatable bonds is 3. The summed E-state index contributed by atoms with van der Waals surface area (Å²) in [6.07, 6.45) is -5.07. The SMILES string of the molecule is CC(NC(=O)C(F)(F)F)C1=C(CBr)C(=O)c2ccccc2C1=O. The van der Waals surface area contributed by atoms with E-state index in [4.69, 9.17) is 0 Å². The van der Waals surface area contributed by atoms with Gasteiger partial charge < -0.3 is 5.32 Å². The Bertz CT molecular complexity index is 725. The van der Waals surface area contributed by atoms with E-state index in [0.29, 0.717) is 0 Å². The number of nitrogens with one attached hydrogen (secondary N) is 1. The van der Waals surface area contributed by atoms with Gasteiger partial charge in [-0.2, -0.15) is 13.2 Å². The molecule has 0 heterocycles. The van der Waals surface area contributed by atoms with E-state index in [-0.39, 0.29) is 27.6 Å². The van der Waals surface area contributed by atoms with Crippen molar-refractivity contribution < 1.29 is 27.6 Å². The van der Waals surface area contributed by atoms with Crippen LogP contribution in [-0.4, -0.2) is 35.0 Å². The van der Waals surface area contributed by atoms with Crippen molar-refractivity contribution in [3.63, 3.8) is 0 Å². The average molecular weight is 390 g/mol. The first-order chi connectivity index (χ1) is 10.7. The van der Waals surface area contributed by atoms with E-state index < -0.39 is 29.7 Å². The Morgan fingerprint density at radius 2 is 1.70 bits per heavy atom. The molecule has 0 fully saturated rings. The molecule has 2 rings (SSSR count). The van der Waals surface area contributed by atoms with Crippen molar-refractivity contribution in [3.05, 3.63) is 46.5 Å². The number of carbonyl (C=O) groups is 3. The second-order valence-corrected chi connectivity index (χ2v) is 5.48. The lowest BCUT2D eigenvalue weighted by Gasteiger charge is -2.25. The standard InChI is InChI=1S/C15H11BrF3NO3/c1-7(20-14(23)15(17,18)19)11-10(6-16)12(21)8-4-2-3-5-9(8)13(11)22/h2-5,7H,6H2,1H3,(H,20,23). The zero-order valence-electron chi connectivity index (χ0n) is 11.8. The van der Waals surface area contributed by atoms with E-state index in [1.54, 1.807) is 17.4 Å². The molecule has 8 heteroatoms. The third-order valence-corrected chi connectivity index (χ3v) is 3.99. The Labute approximate surface area is 137 Å². The van der Waals surface area contributed by atoms with Crippen LogP contribution in [0.25, 0.3) is 0 Å². The van der Waals surface area contributed by atoms with Crippen LogP contribution in [0, 0.1) is 0 Å². The molecule has 0 bridgehead atoms. The molecule has 0 spiro atoms. The van der Waals surface area contributed by atoms with E-state index in [0.717, 1.165) is 0 Å². The molecule has 23 heavy (non-hydrogen) atoms. The van der Waals surface area contributed by atoms with E-state index >= 15 is 0 Å². The molecule has 1 aromatic rings. The van der Waals surface area contributed by atoms with Gasteiger partial charge in [0.25, 0.3) is 0 Å². The first-order valence-corrected chi connectivity index (χ1v) is 7.65. The van der Waals surface area contributed by atoms with Crippen molar-refractivity contribution in [1.82, 2.24) is 5.32 Å². The van der Waals surface area contributed by atoms with Crippen LogP contribution in [0.15, 0.2) is 35.4 Å². The van der Waals surface area contributed by atoms with E-state index in [1.807, 2.05) is 0 Å². The van der Waals surface area contributed by atoms with Crippen LogP contribution in [0.4, 0.5) is 13.2 Å². The van der Waals surface area contributed by atoms with Crippen LogP contribution < -0.4 is 5.32 Å². The molecular formula is C15H11BrF3NO3. The second-order valence-electron chi connectivity index (χ2n) is 4.92. The van der Waals surface area contributed by atoms with Gasteiger partial charge in [-0.15, -0.1) is 0 Å². The van der Waals surface area contributed by atoms with Crippen LogP contribution in [0.5, 0.6) is 0 Å². The highest BCUT2D eigenvalue weighted by Gasteiger charge is 2.41. The number of amides is 1. The van der Waals surface area contributed by atoms with Crippen LogP contribution in [0.2, 0.25) is 0 Å². The van der Waals surface area contributed by atoms with Gasteiger partial charge in [-0.05, 0) is 6.92 Å². The fourth-order valence-corrected chi connectivity index (χ4v) is 2.94. The van der Waals surface area contributed by atoms with Crippen molar-refractivity contribution in [2.75, 3.05) is 5.33 Å². The summed E-state index contributed by atoms with van der Waals surface area (Å²) in [5.41, 5.74) is 0.224. The molecular weight excluding hydrogens is 379 g/mol. The molecule has 122 valence electrons. The van der Waals surface area contributed by atoms with Crippen molar-refractivity contribution in [3.8, 4) is 0 Å². The lowest BCUT2D eigenvalue weighted by molar-refractivity contribution is -0.174. The summed E-state index contributed by atoms with van der Waals surface area (Å²) < 4.78 is 37.1. The minimum atomic E-state index is -5.07. The Balaban J connectivity index is 2.45. The molecule has 1 atom stereocenters. The summed E-state index contributed by atoms with van der Waals surface area (Å²) >= 11 is 3.08. The maximum absolute atomic E-state index is 12.5. The van der Waals surface area contributed by atoms with Crippen LogP contribution in [0.3, 0.4) is 0 Å². The molecule has 0 aromatic heterocycles. The third kappa shape index (κ3) is 3.21. The van der Waals surface area contributed by atoms with Gasteiger partial charge >= 0.3 is 12.1 Å². The molecule has 1 aromatic carbocycles. The number of halogens is 4. The van der Waals surface area contributed by atoms with Gasteiger partial charge in [0, 0.05) is 27.6 Å².